The second-order valence-electron chi connectivity index (χ2n) is 8.05. The minimum Gasteiger partial charge on any atom is -0.467 e. The number of nitrogens with zero attached hydrogens (tertiary/aromatic N) is 3. The normalized spacial score (nSPS) is 20.9. The standard InChI is InChI=1S/C19H27N3O5/c1-19(2,3)27-18(25)21-8-6-20(7-9-21)17(24)14-11-16(23)22(12-14)13-15-5-4-10-26-15/h4-5,10,14H,6-9,11-13H2,1-3H3/t14-/m0/s1. The van der Waals surface area contributed by atoms with Crippen LogP contribution in [0.3, 0.4) is 0 Å². The fourth-order valence-electron chi connectivity index (χ4n) is 3.38. The summed E-state index contributed by atoms with van der Waals surface area (Å²) in [6, 6.07) is 3.60. The lowest BCUT2D eigenvalue weighted by molar-refractivity contribution is -0.137. The number of furan rings is 1. The third-order valence-electron chi connectivity index (χ3n) is 4.73. The van der Waals surface area contributed by atoms with E-state index in [-0.39, 0.29) is 30.2 Å². The average Bonchev–Trinajstić information content (AvgIpc) is 3.23. The molecule has 2 fully saturated rings. The molecule has 148 valence electrons. The fraction of sp³-hybridized carbons (Fsp3) is 0.632. The topological polar surface area (TPSA) is 83.3 Å². The van der Waals surface area contributed by atoms with Crippen LogP contribution < -0.4 is 0 Å². The van der Waals surface area contributed by atoms with Crippen molar-refractivity contribution in [3.05, 3.63) is 24.2 Å². The molecule has 0 aliphatic carbocycles. The van der Waals surface area contributed by atoms with Gasteiger partial charge in [-0.1, -0.05) is 0 Å². The maximum atomic E-state index is 12.8. The first-order chi connectivity index (χ1) is 12.7. The lowest BCUT2D eigenvalue weighted by Gasteiger charge is -2.36. The summed E-state index contributed by atoms with van der Waals surface area (Å²) in [5.74, 6) is 0.328. The maximum absolute atomic E-state index is 12.8. The zero-order valence-electron chi connectivity index (χ0n) is 16.1. The molecule has 0 unspecified atom stereocenters. The first kappa shape index (κ1) is 19.3. The molecule has 2 aliphatic rings. The Balaban J connectivity index is 1.49. The lowest BCUT2D eigenvalue weighted by Crippen LogP contribution is -2.53. The van der Waals surface area contributed by atoms with Crippen LogP contribution in [0.5, 0.6) is 0 Å². The third-order valence-corrected chi connectivity index (χ3v) is 4.73. The Bertz CT molecular complexity index is 687. The molecular formula is C19H27N3O5. The highest BCUT2D eigenvalue weighted by Gasteiger charge is 2.38. The van der Waals surface area contributed by atoms with E-state index in [0.717, 1.165) is 0 Å². The van der Waals surface area contributed by atoms with Gasteiger partial charge in [0.25, 0.3) is 0 Å². The second-order valence-corrected chi connectivity index (χ2v) is 8.05. The van der Waals surface area contributed by atoms with Crippen LogP contribution >= 0.6 is 0 Å². The van der Waals surface area contributed by atoms with Gasteiger partial charge in [0, 0.05) is 39.1 Å². The molecule has 8 heteroatoms. The second kappa shape index (κ2) is 7.62. The first-order valence-corrected chi connectivity index (χ1v) is 9.30. The molecule has 27 heavy (non-hydrogen) atoms. The van der Waals surface area contributed by atoms with Gasteiger partial charge in [-0.15, -0.1) is 0 Å². The molecule has 2 aliphatic heterocycles. The molecule has 0 radical (unpaired) electrons. The number of piperazine rings is 1. The first-order valence-electron chi connectivity index (χ1n) is 9.30. The number of hydrogen-bond acceptors (Lipinski definition) is 5. The number of hydrogen-bond donors (Lipinski definition) is 0. The SMILES string of the molecule is CC(C)(C)OC(=O)N1CCN(C(=O)[C@H]2CC(=O)N(Cc3ccco3)C2)CC1. The zero-order chi connectivity index (χ0) is 19.6. The van der Waals surface area contributed by atoms with E-state index in [0.29, 0.717) is 45.0 Å². The molecule has 3 rings (SSSR count). The van der Waals surface area contributed by atoms with Crippen molar-refractivity contribution < 1.29 is 23.5 Å². The van der Waals surface area contributed by atoms with Crippen LogP contribution in [0.1, 0.15) is 33.0 Å². The Morgan fingerprint density at radius 2 is 1.85 bits per heavy atom. The molecule has 0 spiro atoms. The van der Waals surface area contributed by atoms with Crippen molar-refractivity contribution in [1.82, 2.24) is 14.7 Å². The van der Waals surface area contributed by atoms with Crippen molar-refractivity contribution in [2.75, 3.05) is 32.7 Å². The van der Waals surface area contributed by atoms with Crippen molar-refractivity contribution in [3.8, 4) is 0 Å². The van der Waals surface area contributed by atoms with Crippen LogP contribution in [0.15, 0.2) is 22.8 Å². The molecule has 2 saturated heterocycles. The van der Waals surface area contributed by atoms with E-state index in [2.05, 4.69) is 0 Å². The van der Waals surface area contributed by atoms with Gasteiger partial charge in [0.2, 0.25) is 11.8 Å². The van der Waals surface area contributed by atoms with E-state index < -0.39 is 5.60 Å². The highest BCUT2D eigenvalue weighted by atomic mass is 16.6. The molecular weight excluding hydrogens is 350 g/mol. The number of ether oxygens (including phenoxy) is 1. The number of likely N-dealkylation sites (tertiary alicyclic amines) is 1. The molecule has 1 aromatic heterocycles. The van der Waals surface area contributed by atoms with Crippen LogP contribution in [-0.2, 0) is 20.9 Å². The number of rotatable bonds is 3. The van der Waals surface area contributed by atoms with Gasteiger partial charge in [0.15, 0.2) is 0 Å². The van der Waals surface area contributed by atoms with E-state index in [1.54, 1.807) is 27.0 Å². The lowest BCUT2D eigenvalue weighted by atomic mass is 10.1. The fourth-order valence-corrected chi connectivity index (χ4v) is 3.38. The average molecular weight is 377 g/mol. The summed E-state index contributed by atoms with van der Waals surface area (Å²) in [4.78, 5) is 42.2. The Labute approximate surface area is 159 Å². The predicted molar refractivity (Wildman–Crippen MR) is 96.6 cm³/mol. The molecule has 0 aromatic carbocycles. The quantitative estimate of drug-likeness (QED) is 0.801. The highest BCUT2D eigenvalue weighted by molar-refractivity contribution is 5.89. The summed E-state index contributed by atoms with van der Waals surface area (Å²) in [5.41, 5.74) is -0.536. The van der Waals surface area contributed by atoms with Crippen molar-refractivity contribution in [1.29, 1.82) is 0 Å². The molecule has 1 atom stereocenters. The molecule has 3 heterocycles. The van der Waals surface area contributed by atoms with E-state index in [4.69, 9.17) is 9.15 Å². The summed E-state index contributed by atoms with van der Waals surface area (Å²) < 4.78 is 10.7. The monoisotopic (exact) mass is 377 g/mol. The predicted octanol–water partition coefficient (Wildman–Crippen LogP) is 1.71. The van der Waals surface area contributed by atoms with E-state index in [1.807, 2.05) is 26.8 Å². The van der Waals surface area contributed by atoms with Gasteiger partial charge in [-0.2, -0.15) is 0 Å². The molecule has 0 N–H and O–H groups in total. The van der Waals surface area contributed by atoms with Crippen molar-refractivity contribution >= 4 is 17.9 Å². The summed E-state index contributed by atoms with van der Waals surface area (Å²) in [6.07, 6.45) is 1.45. The molecule has 0 saturated carbocycles. The van der Waals surface area contributed by atoms with Gasteiger partial charge >= 0.3 is 6.09 Å². The molecule has 8 nitrogen and oxygen atoms in total. The molecule has 1 aromatic rings. The number of carbonyl (C=O) groups is 3. The van der Waals surface area contributed by atoms with Gasteiger partial charge in [-0.25, -0.2) is 4.79 Å². The molecule has 3 amide bonds. The van der Waals surface area contributed by atoms with Gasteiger partial charge in [0.05, 0.1) is 18.7 Å². The Morgan fingerprint density at radius 3 is 2.44 bits per heavy atom. The van der Waals surface area contributed by atoms with Crippen molar-refractivity contribution in [2.24, 2.45) is 5.92 Å². The van der Waals surface area contributed by atoms with Crippen LogP contribution in [0.2, 0.25) is 0 Å². The zero-order valence-corrected chi connectivity index (χ0v) is 16.1. The van der Waals surface area contributed by atoms with Crippen molar-refractivity contribution in [3.63, 3.8) is 0 Å². The smallest absolute Gasteiger partial charge is 0.410 e. The van der Waals surface area contributed by atoms with E-state index >= 15 is 0 Å². The minimum atomic E-state index is -0.536. The Kier molecular flexibility index (Phi) is 5.43. The number of amides is 3. The summed E-state index contributed by atoms with van der Waals surface area (Å²) in [5, 5.41) is 0. The Morgan fingerprint density at radius 1 is 1.19 bits per heavy atom. The van der Waals surface area contributed by atoms with Gasteiger partial charge < -0.3 is 23.9 Å². The van der Waals surface area contributed by atoms with Gasteiger partial charge in [0.1, 0.15) is 11.4 Å². The Hall–Kier alpha value is -2.51. The minimum absolute atomic E-state index is 0.0193. The van der Waals surface area contributed by atoms with Crippen LogP contribution in [0.25, 0.3) is 0 Å². The number of carbonyl (C=O) groups excluding carboxylic acids is 3. The van der Waals surface area contributed by atoms with Gasteiger partial charge in [-0.05, 0) is 32.9 Å². The van der Waals surface area contributed by atoms with Crippen LogP contribution in [-0.4, -0.2) is 70.9 Å². The van der Waals surface area contributed by atoms with Crippen molar-refractivity contribution in [2.45, 2.75) is 39.3 Å². The highest BCUT2D eigenvalue weighted by Crippen LogP contribution is 2.23. The van der Waals surface area contributed by atoms with E-state index in [1.165, 1.54) is 0 Å². The van der Waals surface area contributed by atoms with Crippen LogP contribution in [0, 0.1) is 5.92 Å². The maximum Gasteiger partial charge on any atom is 0.410 e. The summed E-state index contributed by atoms with van der Waals surface area (Å²) in [6.45, 7) is 8.09. The summed E-state index contributed by atoms with van der Waals surface area (Å²) in [7, 11) is 0. The van der Waals surface area contributed by atoms with E-state index in [9.17, 15) is 14.4 Å². The largest absolute Gasteiger partial charge is 0.467 e. The van der Waals surface area contributed by atoms with Gasteiger partial charge in [-0.3, -0.25) is 9.59 Å². The third kappa shape index (κ3) is 4.81. The molecule has 0 bridgehead atoms. The van der Waals surface area contributed by atoms with Crippen LogP contribution in [0.4, 0.5) is 4.79 Å². The summed E-state index contributed by atoms with van der Waals surface area (Å²) >= 11 is 0.